The maximum absolute atomic E-state index is 9.76. The van der Waals surface area contributed by atoms with E-state index in [0.717, 1.165) is 42.9 Å². The molecule has 0 aromatic heterocycles. The molecule has 0 radical (unpaired) electrons. The van der Waals surface area contributed by atoms with Gasteiger partial charge in [-0.25, -0.2) is 0 Å². The molecule has 2 nitrogen and oxygen atoms in total. The van der Waals surface area contributed by atoms with Crippen molar-refractivity contribution in [2.24, 2.45) is 0 Å². The van der Waals surface area contributed by atoms with Crippen LogP contribution in [0.4, 0.5) is 0 Å². The fourth-order valence-electron chi connectivity index (χ4n) is 2.12. The average molecular weight is 238 g/mol. The summed E-state index contributed by atoms with van der Waals surface area (Å²) in [5, 5.41) is 9.76. The average Bonchev–Trinajstić information content (AvgIpc) is 2.68. The molecule has 88 valence electrons. The number of hydrogen-bond donors (Lipinski definition) is 1. The summed E-state index contributed by atoms with van der Waals surface area (Å²) in [5.41, 5.74) is 2.27. The molecule has 3 heteroatoms. The second-order valence-corrected chi connectivity index (χ2v) is 5.06. The van der Waals surface area contributed by atoms with Gasteiger partial charge in [0.15, 0.2) is 0 Å². The van der Waals surface area contributed by atoms with Crippen molar-refractivity contribution in [1.82, 2.24) is 0 Å². The Bertz CT molecular complexity index is 352. The summed E-state index contributed by atoms with van der Waals surface area (Å²) in [6, 6.07) is 5.98. The van der Waals surface area contributed by atoms with Gasteiger partial charge >= 0.3 is 0 Å². The summed E-state index contributed by atoms with van der Waals surface area (Å²) in [6.07, 6.45) is 4.67. The van der Waals surface area contributed by atoms with Gasteiger partial charge in [-0.15, -0.1) is 0 Å². The Balaban J connectivity index is 2.00. The summed E-state index contributed by atoms with van der Waals surface area (Å²) < 4.78 is 5.77. The van der Waals surface area contributed by atoms with Gasteiger partial charge in [0, 0.05) is 5.56 Å². The molecule has 2 rings (SSSR count). The fourth-order valence-corrected chi connectivity index (χ4v) is 2.53. The Morgan fingerprint density at radius 1 is 1.50 bits per heavy atom. The van der Waals surface area contributed by atoms with E-state index in [-0.39, 0.29) is 6.10 Å². The molecular weight excluding hydrogens is 220 g/mol. The lowest BCUT2D eigenvalue weighted by Crippen LogP contribution is -2.01. The van der Waals surface area contributed by atoms with Crippen LogP contribution in [0.1, 0.15) is 30.1 Å². The van der Waals surface area contributed by atoms with Gasteiger partial charge in [-0.3, -0.25) is 0 Å². The van der Waals surface area contributed by atoms with Crippen LogP contribution in [0.5, 0.6) is 5.75 Å². The highest BCUT2D eigenvalue weighted by atomic mass is 32.2. The molecule has 0 saturated carbocycles. The smallest absolute Gasteiger partial charge is 0.122 e. The summed E-state index contributed by atoms with van der Waals surface area (Å²) in [6.45, 7) is 0.771. The standard InChI is InChI=1S/C13H18O2S/c1-16-9-3-8-15-13-5-2-4-10-11(13)6-7-12(10)14/h2,4-5,12,14H,3,6-9H2,1H3. The normalized spacial score (nSPS) is 18.5. The minimum atomic E-state index is -0.287. The van der Waals surface area contributed by atoms with Crippen molar-refractivity contribution >= 4 is 11.8 Å². The van der Waals surface area contributed by atoms with Crippen molar-refractivity contribution in [3.63, 3.8) is 0 Å². The van der Waals surface area contributed by atoms with E-state index in [2.05, 4.69) is 6.26 Å². The maximum atomic E-state index is 9.76. The Labute approximate surface area is 101 Å². The molecular formula is C13H18O2S. The Morgan fingerprint density at radius 2 is 2.38 bits per heavy atom. The van der Waals surface area contributed by atoms with E-state index in [0.29, 0.717) is 0 Å². The number of rotatable bonds is 5. The molecule has 0 aliphatic heterocycles. The highest BCUT2D eigenvalue weighted by molar-refractivity contribution is 7.98. The van der Waals surface area contributed by atoms with Crippen LogP contribution in [0.2, 0.25) is 0 Å². The summed E-state index contributed by atoms with van der Waals surface area (Å²) in [5.74, 6) is 2.10. The van der Waals surface area contributed by atoms with Crippen molar-refractivity contribution in [1.29, 1.82) is 0 Å². The monoisotopic (exact) mass is 238 g/mol. The molecule has 0 saturated heterocycles. The molecule has 0 spiro atoms. The van der Waals surface area contributed by atoms with Crippen LogP contribution < -0.4 is 4.74 Å². The molecule has 1 atom stereocenters. The number of thioether (sulfide) groups is 1. The van der Waals surface area contributed by atoms with Gasteiger partial charge in [-0.05, 0) is 42.9 Å². The molecule has 1 aromatic carbocycles. The van der Waals surface area contributed by atoms with Crippen LogP contribution in [0, 0.1) is 0 Å². The highest BCUT2D eigenvalue weighted by Crippen LogP contribution is 2.36. The van der Waals surface area contributed by atoms with Gasteiger partial charge in [-0.2, -0.15) is 11.8 Å². The molecule has 0 bridgehead atoms. The number of fused-ring (bicyclic) bond motifs is 1. The fraction of sp³-hybridized carbons (Fsp3) is 0.538. The molecule has 1 aromatic rings. The van der Waals surface area contributed by atoms with Crippen molar-refractivity contribution in [3.8, 4) is 5.75 Å². The highest BCUT2D eigenvalue weighted by Gasteiger charge is 2.22. The largest absolute Gasteiger partial charge is 0.493 e. The molecule has 16 heavy (non-hydrogen) atoms. The zero-order chi connectivity index (χ0) is 11.4. The van der Waals surface area contributed by atoms with Gasteiger partial charge in [0.05, 0.1) is 12.7 Å². The second kappa shape index (κ2) is 5.60. The topological polar surface area (TPSA) is 29.5 Å². The van der Waals surface area contributed by atoms with Crippen LogP contribution in [0.3, 0.4) is 0 Å². The quantitative estimate of drug-likeness (QED) is 0.800. The molecule has 0 fully saturated rings. The summed E-state index contributed by atoms with van der Waals surface area (Å²) in [7, 11) is 0. The van der Waals surface area contributed by atoms with Crippen molar-refractivity contribution in [2.75, 3.05) is 18.6 Å². The first-order chi connectivity index (χ1) is 7.83. The van der Waals surface area contributed by atoms with E-state index in [4.69, 9.17) is 4.74 Å². The molecule has 1 aliphatic carbocycles. The van der Waals surface area contributed by atoms with Gasteiger partial charge in [-0.1, -0.05) is 12.1 Å². The first-order valence-electron chi connectivity index (χ1n) is 5.74. The first kappa shape index (κ1) is 11.8. The predicted octanol–water partition coefficient (Wildman–Crippen LogP) is 2.80. The van der Waals surface area contributed by atoms with E-state index in [1.54, 1.807) is 0 Å². The number of benzene rings is 1. The zero-order valence-corrected chi connectivity index (χ0v) is 10.4. The van der Waals surface area contributed by atoms with Crippen LogP contribution in [0.15, 0.2) is 18.2 Å². The van der Waals surface area contributed by atoms with Crippen LogP contribution in [-0.4, -0.2) is 23.7 Å². The number of hydrogen-bond acceptors (Lipinski definition) is 3. The minimum absolute atomic E-state index is 0.287. The summed E-state index contributed by atoms with van der Waals surface area (Å²) in [4.78, 5) is 0. The summed E-state index contributed by atoms with van der Waals surface area (Å²) >= 11 is 1.84. The van der Waals surface area contributed by atoms with E-state index < -0.39 is 0 Å². The van der Waals surface area contributed by atoms with Gasteiger partial charge < -0.3 is 9.84 Å². The lowest BCUT2D eigenvalue weighted by molar-refractivity contribution is 0.180. The Hall–Kier alpha value is -0.670. The van der Waals surface area contributed by atoms with Crippen LogP contribution >= 0.6 is 11.8 Å². The molecule has 1 N–H and O–H groups in total. The number of aliphatic hydroxyl groups is 1. The second-order valence-electron chi connectivity index (χ2n) is 4.07. The lowest BCUT2D eigenvalue weighted by atomic mass is 10.1. The third-order valence-corrected chi connectivity index (χ3v) is 3.64. The molecule has 1 aliphatic rings. The SMILES string of the molecule is CSCCCOc1cccc2c1CCC2O. The number of aliphatic hydroxyl groups excluding tert-OH is 1. The van der Waals surface area contributed by atoms with E-state index in [9.17, 15) is 5.11 Å². The van der Waals surface area contributed by atoms with Crippen molar-refractivity contribution in [3.05, 3.63) is 29.3 Å². The third kappa shape index (κ3) is 2.53. The molecule has 0 amide bonds. The number of ether oxygens (including phenoxy) is 1. The zero-order valence-electron chi connectivity index (χ0n) is 9.61. The van der Waals surface area contributed by atoms with Crippen LogP contribution in [-0.2, 0) is 6.42 Å². The predicted molar refractivity (Wildman–Crippen MR) is 68.2 cm³/mol. The van der Waals surface area contributed by atoms with E-state index >= 15 is 0 Å². The van der Waals surface area contributed by atoms with E-state index in [1.165, 1.54) is 5.56 Å². The van der Waals surface area contributed by atoms with Crippen LogP contribution in [0.25, 0.3) is 0 Å². The first-order valence-corrected chi connectivity index (χ1v) is 7.14. The molecule has 0 heterocycles. The Kier molecular flexibility index (Phi) is 4.13. The van der Waals surface area contributed by atoms with Gasteiger partial charge in [0.25, 0.3) is 0 Å². The maximum Gasteiger partial charge on any atom is 0.122 e. The molecule has 1 unspecified atom stereocenters. The van der Waals surface area contributed by atoms with Crippen molar-refractivity contribution < 1.29 is 9.84 Å². The third-order valence-electron chi connectivity index (χ3n) is 2.95. The van der Waals surface area contributed by atoms with Crippen molar-refractivity contribution in [2.45, 2.75) is 25.4 Å². The van der Waals surface area contributed by atoms with Gasteiger partial charge in [0.1, 0.15) is 5.75 Å². The van der Waals surface area contributed by atoms with Gasteiger partial charge in [0.2, 0.25) is 0 Å². The Morgan fingerprint density at radius 3 is 3.19 bits per heavy atom. The van der Waals surface area contributed by atoms with E-state index in [1.807, 2.05) is 30.0 Å². The minimum Gasteiger partial charge on any atom is -0.493 e. The lowest BCUT2D eigenvalue weighted by Gasteiger charge is -2.10.